The van der Waals surface area contributed by atoms with Crippen molar-refractivity contribution in [2.75, 3.05) is 5.32 Å². The molecule has 0 saturated heterocycles. The fourth-order valence-electron chi connectivity index (χ4n) is 3.17. The van der Waals surface area contributed by atoms with Gasteiger partial charge in [0.05, 0.1) is 10.4 Å². The van der Waals surface area contributed by atoms with Crippen molar-refractivity contribution in [2.24, 2.45) is 0 Å². The van der Waals surface area contributed by atoms with Crippen LogP contribution in [-0.2, 0) is 12.8 Å². The molecule has 0 saturated carbocycles. The zero-order valence-electron chi connectivity index (χ0n) is 17.6. The maximum atomic E-state index is 11.1. The van der Waals surface area contributed by atoms with E-state index in [2.05, 4.69) is 50.4 Å². The lowest BCUT2D eigenvalue weighted by molar-refractivity contribution is 0.0697. The Labute approximate surface area is 181 Å². The Morgan fingerprint density at radius 2 is 1.83 bits per heavy atom. The maximum Gasteiger partial charge on any atom is 0.335 e. The Hall–Kier alpha value is -2.99. The van der Waals surface area contributed by atoms with Crippen molar-refractivity contribution < 1.29 is 9.90 Å². The minimum absolute atomic E-state index is 0.260. The van der Waals surface area contributed by atoms with E-state index in [1.165, 1.54) is 4.88 Å². The fraction of sp³-hybridized carbons (Fsp3) is 0.292. The standard InChI is InChI=1S/C24H27N3O2S/c1-4-7-8-9-18-14-15-21(30-18)23-26-20(6-3)19(5-2)22(27-23)25-17-12-10-16(11-13-17)24(28)29/h8-15H,4-7H2,1-3H3,(H,28,29)(H,25,26,27)/b9-8+. The highest BCUT2D eigenvalue weighted by Crippen LogP contribution is 2.31. The van der Waals surface area contributed by atoms with Gasteiger partial charge in [0.2, 0.25) is 0 Å². The van der Waals surface area contributed by atoms with Gasteiger partial charge in [-0.2, -0.15) is 0 Å². The number of hydrogen-bond acceptors (Lipinski definition) is 5. The number of thiophene rings is 1. The summed E-state index contributed by atoms with van der Waals surface area (Å²) in [7, 11) is 0. The van der Waals surface area contributed by atoms with Crippen LogP contribution in [0.5, 0.6) is 0 Å². The topological polar surface area (TPSA) is 75.1 Å². The van der Waals surface area contributed by atoms with Gasteiger partial charge < -0.3 is 10.4 Å². The van der Waals surface area contributed by atoms with Crippen LogP contribution in [-0.4, -0.2) is 21.0 Å². The monoisotopic (exact) mass is 421 g/mol. The number of carboxylic acids is 1. The molecule has 3 aromatic rings. The zero-order chi connectivity index (χ0) is 21.5. The normalized spacial score (nSPS) is 11.2. The molecule has 156 valence electrons. The first-order valence-corrected chi connectivity index (χ1v) is 11.1. The van der Waals surface area contributed by atoms with E-state index in [-0.39, 0.29) is 5.56 Å². The molecule has 2 aromatic heterocycles. The van der Waals surface area contributed by atoms with Gasteiger partial charge in [-0.15, -0.1) is 11.3 Å². The molecule has 0 fully saturated rings. The Balaban J connectivity index is 1.95. The number of nitrogens with one attached hydrogen (secondary N) is 1. The molecule has 0 atom stereocenters. The van der Waals surface area contributed by atoms with Crippen molar-refractivity contribution in [1.29, 1.82) is 0 Å². The minimum Gasteiger partial charge on any atom is -0.478 e. The number of anilines is 2. The van der Waals surface area contributed by atoms with Crippen LogP contribution in [0.3, 0.4) is 0 Å². The summed E-state index contributed by atoms with van der Waals surface area (Å²) >= 11 is 1.68. The molecule has 0 aliphatic heterocycles. The van der Waals surface area contributed by atoms with Crippen LogP contribution < -0.4 is 5.32 Å². The van der Waals surface area contributed by atoms with Gasteiger partial charge in [-0.1, -0.05) is 33.3 Å². The van der Waals surface area contributed by atoms with Crippen molar-refractivity contribution in [3.63, 3.8) is 0 Å². The highest BCUT2D eigenvalue weighted by atomic mass is 32.1. The van der Waals surface area contributed by atoms with Gasteiger partial charge in [-0.05, 0) is 61.7 Å². The molecular weight excluding hydrogens is 394 g/mol. The highest BCUT2D eigenvalue weighted by Gasteiger charge is 2.15. The second-order valence-corrected chi connectivity index (χ2v) is 8.04. The van der Waals surface area contributed by atoms with Crippen LogP contribution in [0.15, 0.2) is 42.5 Å². The highest BCUT2D eigenvalue weighted by molar-refractivity contribution is 7.16. The number of carboxylic acid groups (broad SMARTS) is 1. The summed E-state index contributed by atoms with van der Waals surface area (Å²) in [5.41, 5.74) is 3.18. The number of hydrogen-bond donors (Lipinski definition) is 2. The van der Waals surface area contributed by atoms with Crippen molar-refractivity contribution in [3.8, 4) is 10.7 Å². The molecule has 0 aliphatic rings. The number of allylic oxidation sites excluding steroid dienone is 1. The van der Waals surface area contributed by atoms with E-state index in [4.69, 9.17) is 15.1 Å². The van der Waals surface area contributed by atoms with Crippen LogP contribution in [0.4, 0.5) is 11.5 Å². The summed E-state index contributed by atoms with van der Waals surface area (Å²) in [6.45, 7) is 6.37. The van der Waals surface area contributed by atoms with Gasteiger partial charge in [0.25, 0.3) is 0 Å². The summed E-state index contributed by atoms with van der Waals surface area (Å²) < 4.78 is 0. The summed E-state index contributed by atoms with van der Waals surface area (Å²) in [4.78, 5) is 23.0. The van der Waals surface area contributed by atoms with Crippen LogP contribution in [0, 0.1) is 0 Å². The van der Waals surface area contributed by atoms with Crippen molar-refractivity contribution in [1.82, 2.24) is 9.97 Å². The van der Waals surface area contributed by atoms with Crippen LogP contribution in [0.25, 0.3) is 16.8 Å². The first-order valence-electron chi connectivity index (χ1n) is 10.3. The first kappa shape index (κ1) is 21.7. The largest absolute Gasteiger partial charge is 0.478 e. The van der Waals surface area contributed by atoms with E-state index < -0.39 is 5.97 Å². The maximum absolute atomic E-state index is 11.1. The lowest BCUT2D eigenvalue weighted by Crippen LogP contribution is -2.07. The molecule has 0 spiro atoms. The molecule has 0 radical (unpaired) electrons. The number of aryl methyl sites for hydroxylation is 1. The second-order valence-electron chi connectivity index (χ2n) is 6.93. The van der Waals surface area contributed by atoms with Crippen molar-refractivity contribution >= 4 is 34.9 Å². The number of aromatic carboxylic acids is 1. The second kappa shape index (κ2) is 10.2. The van der Waals surface area contributed by atoms with E-state index >= 15 is 0 Å². The molecule has 3 rings (SSSR count). The zero-order valence-corrected chi connectivity index (χ0v) is 18.4. The van der Waals surface area contributed by atoms with Gasteiger partial charge in [-0.3, -0.25) is 0 Å². The van der Waals surface area contributed by atoms with Gasteiger partial charge >= 0.3 is 5.97 Å². The quantitative estimate of drug-likeness (QED) is 0.408. The molecule has 6 heteroatoms. The van der Waals surface area contributed by atoms with E-state index in [9.17, 15) is 4.79 Å². The lowest BCUT2D eigenvalue weighted by Gasteiger charge is -2.15. The number of rotatable bonds is 9. The smallest absolute Gasteiger partial charge is 0.335 e. The third kappa shape index (κ3) is 5.13. The number of nitrogens with zero attached hydrogens (tertiary/aromatic N) is 2. The number of aromatic nitrogens is 2. The lowest BCUT2D eigenvalue weighted by atomic mass is 10.1. The molecule has 2 N–H and O–H groups in total. The third-order valence-corrected chi connectivity index (χ3v) is 5.81. The van der Waals surface area contributed by atoms with Crippen molar-refractivity contribution in [3.05, 3.63) is 64.2 Å². The molecule has 2 heterocycles. The molecule has 30 heavy (non-hydrogen) atoms. The summed E-state index contributed by atoms with van der Waals surface area (Å²) in [6, 6.07) is 10.9. The van der Waals surface area contributed by atoms with Gasteiger partial charge in [0, 0.05) is 21.8 Å². The SMILES string of the molecule is CCC/C=C/c1ccc(-c2nc(CC)c(CC)c(Nc3ccc(C(=O)O)cc3)n2)s1. The minimum atomic E-state index is -0.935. The molecular formula is C24H27N3O2S. The third-order valence-electron chi connectivity index (χ3n) is 4.76. The van der Waals surface area contributed by atoms with E-state index in [0.717, 1.165) is 53.3 Å². The Morgan fingerprint density at radius 3 is 2.47 bits per heavy atom. The molecule has 0 unspecified atom stereocenters. The molecule has 5 nitrogen and oxygen atoms in total. The predicted molar refractivity (Wildman–Crippen MR) is 125 cm³/mol. The predicted octanol–water partition coefficient (Wildman–Crippen LogP) is 6.59. The number of carbonyl (C=O) groups is 1. The van der Waals surface area contributed by atoms with Crippen LogP contribution in [0.1, 0.15) is 60.1 Å². The van der Waals surface area contributed by atoms with Gasteiger partial charge in [0.15, 0.2) is 5.82 Å². The molecule has 0 bridgehead atoms. The molecule has 0 amide bonds. The Bertz CT molecular complexity index is 1040. The first-order chi connectivity index (χ1) is 14.5. The van der Waals surface area contributed by atoms with E-state index in [0.29, 0.717) is 5.82 Å². The number of unbranched alkanes of at least 4 members (excludes halogenated alkanes) is 1. The Morgan fingerprint density at radius 1 is 1.07 bits per heavy atom. The fourth-order valence-corrected chi connectivity index (χ4v) is 4.04. The number of benzene rings is 1. The van der Waals surface area contributed by atoms with E-state index in [1.54, 1.807) is 35.6 Å². The van der Waals surface area contributed by atoms with Crippen molar-refractivity contribution in [2.45, 2.75) is 46.5 Å². The van der Waals surface area contributed by atoms with E-state index in [1.807, 2.05) is 0 Å². The summed E-state index contributed by atoms with van der Waals surface area (Å²) in [6.07, 6.45) is 8.20. The summed E-state index contributed by atoms with van der Waals surface area (Å²) in [5.74, 6) is 0.558. The average Bonchev–Trinajstić information content (AvgIpc) is 3.22. The van der Waals surface area contributed by atoms with Gasteiger partial charge in [0.1, 0.15) is 5.82 Å². The average molecular weight is 422 g/mol. The Kier molecular flexibility index (Phi) is 7.36. The van der Waals surface area contributed by atoms with Crippen LogP contribution in [0.2, 0.25) is 0 Å². The summed E-state index contributed by atoms with van der Waals surface area (Å²) in [5, 5.41) is 12.5. The van der Waals surface area contributed by atoms with Gasteiger partial charge in [-0.25, -0.2) is 14.8 Å². The molecule has 0 aliphatic carbocycles. The van der Waals surface area contributed by atoms with Crippen LogP contribution >= 0.6 is 11.3 Å². The molecule has 1 aromatic carbocycles.